The molecule has 1 atom stereocenters. The Labute approximate surface area is 112 Å². The van der Waals surface area contributed by atoms with Gasteiger partial charge in [-0.25, -0.2) is 8.42 Å². The van der Waals surface area contributed by atoms with Gasteiger partial charge in [-0.05, 0) is 12.3 Å². The van der Waals surface area contributed by atoms with Gasteiger partial charge in [-0.3, -0.25) is 4.18 Å². The SMILES string of the molecule is CCCCCCC(C)CCCCCOS(=O)(=O)[O-]. The van der Waals surface area contributed by atoms with Crippen LogP contribution in [0.4, 0.5) is 0 Å². The van der Waals surface area contributed by atoms with Crippen molar-refractivity contribution >= 4 is 10.4 Å². The van der Waals surface area contributed by atoms with Crippen molar-refractivity contribution in [2.75, 3.05) is 6.61 Å². The van der Waals surface area contributed by atoms with Crippen molar-refractivity contribution in [1.82, 2.24) is 0 Å². The van der Waals surface area contributed by atoms with E-state index in [1.54, 1.807) is 0 Å². The predicted molar refractivity (Wildman–Crippen MR) is 72.0 cm³/mol. The average Bonchev–Trinajstić information content (AvgIpc) is 2.28. The van der Waals surface area contributed by atoms with Gasteiger partial charge in [-0.15, -0.1) is 0 Å². The van der Waals surface area contributed by atoms with Crippen LogP contribution in [0.5, 0.6) is 0 Å². The summed E-state index contributed by atoms with van der Waals surface area (Å²) in [5.41, 5.74) is 0. The van der Waals surface area contributed by atoms with Crippen molar-refractivity contribution in [2.45, 2.75) is 71.6 Å². The summed E-state index contributed by atoms with van der Waals surface area (Å²) in [4.78, 5) is 0. The maximum Gasteiger partial charge on any atom is 0.217 e. The molecule has 0 aliphatic carbocycles. The molecule has 0 bridgehead atoms. The van der Waals surface area contributed by atoms with Crippen LogP contribution in [0.3, 0.4) is 0 Å². The molecule has 4 nitrogen and oxygen atoms in total. The lowest BCUT2D eigenvalue weighted by Gasteiger charge is -2.11. The molecule has 0 aromatic carbocycles. The van der Waals surface area contributed by atoms with E-state index in [1.807, 2.05) is 0 Å². The Morgan fingerprint density at radius 3 is 2.06 bits per heavy atom. The molecule has 0 saturated heterocycles. The minimum Gasteiger partial charge on any atom is -0.726 e. The van der Waals surface area contributed by atoms with Crippen LogP contribution in [0.25, 0.3) is 0 Å². The summed E-state index contributed by atoms with van der Waals surface area (Å²) in [6.07, 6.45) is 10.4. The van der Waals surface area contributed by atoms with E-state index in [-0.39, 0.29) is 6.61 Å². The molecule has 0 rings (SSSR count). The third-order valence-electron chi connectivity index (χ3n) is 3.12. The second kappa shape index (κ2) is 10.8. The van der Waals surface area contributed by atoms with E-state index in [0.717, 1.165) is 18.8 Å². The summed E-state index contributed by atoms with van der Waals surface area (Å²) >= 11 is 0. The minimum atomic E-state index is -4.50. The molecule has 18 heavy (non-hydrogen) atoms. The Bertz CT molecular complexity index is 275. The normalized spacial score (nSPS) is 13.7. The molecule has 0 aliphatic heterocycles. The Morgan fingerprint density at radius 1 is 1.00 bits per heavy atom. The fourth-order valence-corrected chi connectivity index (χ4v) is 2.32. The zero-order chi connectivity index (χ0) is 13.9. The molecule has 0 fully saturated rings. The lowest BCUT2D eigenvalue weighted by molar-refractivity contribution is 0.254. The maximum atomic E-state index is 10.2. The lowest BCUT2D eigenvalue weighted by Crippen LogP contribution is -2.05. The topological polar surface area (TPSA) is 66.4 Å². The van der Waals surface area contributed by atoms with E-state index in [9.17, 15) is 13.0 Å². The van der Waals surface area contributed by atoms with Crippen LogP contribution in [0.2, 0.25) is 0 Å². The molecule has 110 valence electrons. The van der Waals surface area contributed by atoms with Crippen LogP contribution in [0.1, 0.15) is 71.6 Å². The largest absolute Gasteiger partial charge is 0.726 e. The highest BCUT2D eigenvalue weighted by Crippen LogP contribution is 2.17. The number of unbranched alkanes of at least 4 members (excludes halogenated alkanes) is 5. The van der Waals surface area contributed by atoms with E-state index < -0.39 is 10.4 Å². The van der Waals surface area contributed by atoms with Crippen molar-refractivity contribution in [2.24, 2.45) is 5.92 Å². The Morgan fingerprint density at radius 2 is 1.56 bits per heavy atom. The third kappa shape index (κ3) is 13.9. The molecule has 1 unspecified atom stereocenters. The van der Waals surface area contributed by atoms with E-state index in [2.05, 4.69) is 18.0 Å². The van der Waals surface area contributed by atoms with Crippen molar-refractivity contribution in [3.05, 3.63) is 0 Å². The van der Waals surface area contributed by atoms with Gasteiger partial charge in [0.05, 0.1) is 6.61 Å². The van der Waals surface area contributed by atoms with Gasteiger partial charge in [0, 0.05) is 0 Å². The molecule has 0 spiro atoms. The zero-order valence-corrected chi connectivity index (χ0v) is 12.5. The Hall–Kier alpha value is -0.130. The molecule has 0 aliphatic rings. The van der Waals surface area contributed by atoms with Gasteiger partial charge >= 0.3 is 0 Å². The zero-order valence-electron chi connectivity index (χ0n) is 11.7. The van der Waals surface area contributed by atoms with Gasteiger partial charge in [0.15, 0.2) is 0 Å². The first-order valence-corrected chi connectivity index (χ1v) is 8.39. The third-order valence-corrected chi connectivity index (χ3v) is 3.57. The molecule has 0 heterocycles. The van der Waals surface area contributed by atoms with Crippen molar-refractivity contribution in [3.63, 3.8) is 0 Å². The van der Waals surface area contributed by atoms with Gasteiger partial charge in [0.1, 0.15) is 0 Å². The van der Waals surface area contributed by atoms with Crippen LogP contribution in [-0.2, 0) is 14.6 Å². The van der Waals surface area contributed by atoms with Crippen molar-refractivity contribution < 1.29 is 17.2 Å². The molecule has 0 aromatic heterocycles. The second-order valence-corrected chi connectivity index (χ2v) is 6.09. The quantitative estimate of drug-likeness (QED) is 0.311. The number of hydrogen-bond acceptors (Lipinski definition) is 4. The summed E-state index contributed by atoms with van der Waals surface area (Å²) < 4.78 is 34.6. The van der Waals surface area contributed by atoms with Crippen molar-refractivity contribution in [1.29, 1.82) is 0 Å². The van der Waals surface area contributed by atoms with Crippen LogP contribution >= 0.6 is 0 Å². The average molecular weight is 279 g/mol. The summed E-state index contributed by atoms with van der Waals surface area (Å²) in [6, 6.07) is 0. The van der Waals surface area contributed by atoms with E-state index in [4.69, 9.17) is 0 Å². The summed E-state index contributed by atoms with van der Waals surface area (Å²) in [5, 5.41) is 0. The molecule has 0 amide bonds. The van der Waals surface area contributed by atoms with Gasteiger partial charge in [-0.1, -0.05) is 65.2 Å². The smallest absolute Gasteiger partial charge is 0.217 e. The highest BCUT2D eigenvalue weighted by Gasteiger charge is 2.02. The first-order chi connectivity index (χ1) is 8.45. The highest BCUT2D eigenvalue weighted by atomic mass is 32.3. The van der Waals surface area contributed by atoms with E-state index in [0.29, 0.717) is 6.42 Å². The number of hydrogen-bond donors (Lipinski definition) is 0. The van der Waals surface area contributed by atoms with Crippen LogP contribution in [-0.4, -0.2) is 19.6 Å². The van der Waals surface area contributed by atoms with Gasteiger partial charge in [0.2, 0.25) is 10.4 Å². The van der Waals surface area contributed by atoms with Crippen LogP contribution in [0, 0.1) is 5.92 Å². The van der Waals surface area contributed by atoms with Crippen LogP contribution in [0.15, 0.2) is 0 Å². The summed E-state index contributed by atoms with van der Waals surface area (Å²) in [5.74, 6) is 0.742. The fourth-order valence-electron chi connectivity index (χ4n) is 2.00. The molecule has 0 saturated carbocycles. The fraction of sp³-hybridized carbons (Fsp3) is 1.00. The molecule has 0 N–H and O–H groups in total. The van der Waals surface area contributed by atoms with Gasteiger partial charge in [0.25, 0.3) is 0 Å². The Kier molecular flexibility index (Phi) is 10.7. The molecule has 0 aromatic rings. The monoisotopic (exact) mass is 279 g/mol. The first-order valence-electron chi connectivity index (χ1n) is 7.06. The molecule has 0 radical (unpaired) electrons. The summed E-state index contributed by atoms with van der Waals surface area (Å²) in [6.45, 7) is 4.51. The van der Waals surface area contributed by atoms with Crippen molar-refractivity contribution in [3.8, 4) is 0 Å². The summed E-state index contributed by atoms with van der Waals surface area (Å²) in [7, 11) is -4.50. The standard InChI is InChI=1S/C13H28O4S/c1-3-4-5-7-10-13(2)11-8-6-9-12-17-18(14,15)16/h13H,3-12H2,1-2H3,(H,14,15,16)/p-1. The molecular formula is C13H27O4S-. The molecule has 5 heteroatoms. The molecular weight excluding hydrogens is 252 g/mol. The minimum absolute atomic E-state index is 0.0245. The Balaban J connectivity index is 3.27. The maximum absolute atomic E-state index is 10.2. The van der Waals surface area contributed by atoms with Gasteiger partial charge in [-0.2, -0.15) is 0 Å². The van der Waals surface area contributed by atoms with E-state index in [1.165, 1.54) is 38.5 Å². The van der Waals surface area contributed by atoms with Crippen LogP contribution < -0.4 is 0 Å². The highest BCUT2D eigenvalue weighted by molar-refractivity contribution is 7.80. The lowest BCUT2D eigenvalue weighted by atomic mass is 9.97. The van der Waals surface area contributed by atoms with E-state index >= 15 is 0 Å². The number of rotatable bonds is 12. The first kappa shape index (κ1) is 17.9. The predicted octanol–water partition coefficient (Wildman–Crippen LogP) is 3.63. The second-order valence-electron chi connectivity index (χ2n) is 5.03. The van der Waals surface area contributed by atoms with Gasteiger partial charge < -0.3 is 4.55 Å².